The van der Waals surface area contributed by atoms with Crippen LogP contribution in [0.1, 0.15) is 43.1 Å². The Hall–Kier alpha value is -2.76. The third-order valence-electron chi connectivity index (χ3n) is 4.34. The van der Waals surface area contributed by atoms with Crippen molar-refractivity contribution in [2.45, 2.75) is 34.2 Å². The molecule has 0 aliphatic rings. The number of methoxy groups -OCH3 is 1. The monoisotopic (exact) mass is 328 g/mol. The quantitative estimate of drug-likeness (QED) is 0.635. The fourth-order valence-corrected chi connectivity index (χ4v) is 2.50. The van der Waals surface area contributed by atoms with Gasteiger partial charge in [0.25, 0.3) is 5.56 Å². The number of carbonyl (C=O) groups excluding carboxylic acids is 2. The molecule has 0 fully saturated rings. The number of benzene rings is 1. The van der Waals surface area contributed by atoms with Crippen LogP contribution in [0.4, 0.5) is 0 Å². The highest BCUT2D eigenvalue weighted by Crippen LogP contribution is 2.21. The molecule has 0 aliphatic heterocycles. The van der Waals surface area contributed by atoms with E-state index in [4.69, 9.17) is 0 Å². The van der Waals surface area contributed by atoms with Crippen LogP contribution in [0.3, 0.4) is 0 Å². The van der Waals surface area contributed by atoms with Gasteiger partial charge in [0.15, 0.2) is 11.5 Å². The molecule has 0 unspecified atom stereocenters. The molecule has 2 rings (SSSR count). The number of aryl methyl sites for hydroxylation is 1. The van der Waals surface area contributed by atoms with Gasteiger partial charge in [-0.15, -0.1) is 0 Å². The van der Waals surface area contributed by atoms with Crippen molar-refractivity contribution in [1.82, 2.24) is 9.78 Å². The molecule has 0 bridgehead atoms. The summed E-state index contributed by atoms with van der Waals surface area (Å²) in [4.78, 5) is 36.1. The van der Waals surface area contributed by atoms with Crippen molar-refractivity contribution in [3.8, 4) is 0 Å². The van der Waals surface area contributed by atoms with Gasteiger partial charge in [-0.05, 0) is 62.1 Å². The summed E-state index contributed by atoms with van der Waals surface area (Å²) in [6.45, 7) is 7.58. The minimum atomic E-state index is -0.658. The van der Waals surface area contributed by atoms with E-state index in [1.54, 1.807) is 0 Å². The number of nitrogens with zero attached hydrogens (tertiary/aromatic N) is 2. The average molecular weight is 328 g/mol. The van der Waals surface area contributed by atoms with Gasteiger partial charge in [-0.1, -0.05) is 0 Å². The molecule has 0 N–H and O–H groups in total. The van der Waals surface area contributed by atoms with Gasteiger partial charge in [-0.2, -0.15) is 5.10 Å². The van der Waals surface area contributed by atoms with Crippen LogP contribution in [-0.2, 0) is 11.3 Å². The lowest BCUT2D eigenvalue weighted by atomic mass is 9.92. The topological polar surface area (TPSA) is 78.3 Å². The zero-order valence-corrected chi connectivity index (χ0v) is 14.5. The van der Waals surface area contributed by atoms with E-state index in [0.717, 1.165) is 26.9 Å². The number of carbonyl (C=O) groups is 2. The van der Waals surface area contributed by atoms with Gasteiger partial charge in [-0.3, -0.25) is 9.59 Å². The predicted molar refractivity (Wildman–Crippen MR) is 89.6 cm³/mol. The van der Waals surface area contributed by atoms with Crippen molar-refractivity contribution in [3.63, 3.8) is 0 Å². The first kappa shape index (κ1) is 17.6. The molecule has 2 aromatic rings. The second kappa shape index (κ2) is 6.78. The molecule has 1 heterocycles. The molecule has 6 nitrogen and oxygen atoms in total. The summed E-state index contributed by atoms with van der Waals surface area (Å²) in [5.74, 6) is -0.885. The van der Waals surface area contributed by atoms with Crippen molar-refractivity contribution in [2.24, 2.45) is 0 Å². The van der Waals surface area contributed by atoms with Gasteiger partial charge in [0, 0.05) is 11.6 Å². The molecule has 1 aromatic carbocycles. The van der Waals surface area contributed by atoms with E-state index in [0.29, 0.717) is 5.56 Å². The Morgan fingerprint density at radius 3 is 2.38 bits per heavy atom. The molecule has 24 heavy (non-hydrogen) atoms. The number of Topliss-reactive ketones (excluding diaryl/α,β-unsaturated/α-hetero) is 1. The fraction of sp³-hybridized carbons (Fsp3) is 0.333. The Labute approximate surface area is 140 Å². The molecular formula is C18H20N2O4. The second-order valence-corrected chi connectivity index (χ2v) is 5.75. The molecule has 0 aliphatic carbocycles. The average Bonchev–Trinajstić information content (AvgIpc) is 2.57. The normalized spacial score (nSPS) is 10.5. The van der Waals surface area contributed by atoms with E-state index in [9.17, 15) is 14.4 Å². The Balaban J connectivity index is 2.41. The lowest BCUT2D eigenvalue weighted by molar-refractivity contribution is 0.0589. The smallest absolute Gasteiger partial charge is 0.358 e. The lowest BCUT2D eigenvalue weighted by Crippen LogP contribution is -2.28. The SMILES string of the molecule is COC(=O)c1ccc(=O)n(CC(=O)c2cc(C)c(C)c(C)c2C)n1. The highest BCUT2D eigenvalue weighted by Gasteiger charge is 2.16. The van der Waals surface area contributed by atoms with Gasteiger partial charge in [0.2, 0.25) is 0 Å². The molecule has 0 atom stereocenters. The van der Waals surface area contributed by atoms with Crippen molar-refractivity contribution >= 4 is 11.8 Å². The second-order valence-electron chi connectivity index (χ2n) is 5.75. The molecule has 0 radical (unpaired) electrons. The van der Waals surface area contributed by atoms with Crippen LogP contribution in [0.5, 0.6) is 0 Å². The summed E-state index contributed by atoms with van der Waals surface area (Å²) in [5, 5.41) is 3.91. The van der Waals surface area contributed by atoms with E-state index in [-0.39, 0.29) is 18.0 Å². The zero-order chi connectivity index (χ0) is 18.0. The highest BCUT2D eigenvalue weighted by atomic mass is 16.5. The van der Waals surface area contributed by atoms with E-state index in [1.807, 2.05) is 33.8 Å². The van der Waals surface area contributed by atoms with Crippen LogP contribution in [0.15, 0.2) is 23.0 Å². The molecule has 6 heteroatoms. The number of ketones is 1. The van der Waals surface area contributed by atoms with Gasteiger partial charge in [-0.25, -0.2) is 9.48 Å². The maximum atomic E-state index is 12.6. The lowest BCUT2D eigenvalue weighted by Gasteiger charge is -2.14. The Bertz CT molecular complexity index is 881. The summed E-state index contributed by atoms with van der Waals surface area (Å²) in [5.41, 5.74) is 4.21. The van der Waals surface area contributed by atoms with Crippen molar-refractivity contribution in [3.05, 3.63) is 62.1 Å². The summed E-state index contributed by atoms with van der Waals surface area (Å²) in [6, 6.07) is 4.31. The standard InChI is InChI=1S/C18H20N2O4/c1-10-8-14(13(4)12(3)11(10)2)16(21)9-20-17(22)7-6-15(19-20)18(23)24-5/h6-8H,9H2,1-5H3. The van der Waals surface area contributed by atoms with Gasteiger partial charge < -0.3 is 4.74 Å². The number of aromatic nitrogens is 2. The number of ether oxygens (including phenoxy) is 1. The molecular weight excluding hydrogens is 308 g/mol. The van der Waals surface area contributed by atoms with Gasteiger partial charge in [0.1, 0.15) is 6.54 Å². The highest BCUT2D eigenvalue weighted by molar-refractivity contribution is 5.98. The van der Waals surface area contributed by atoms with Gasteiger partial charge >= 0.3 is 5.97 Å². The number of rotatable bonds is 4. The molecule has 1 aromatic heterocycles. The fourth-order valence-electron chi connectivity index (χ4n) is 2.50. The summed E-state index contributed by atoms with van der Waals surface area (Å²) >= 11 is 0. The van der Waals surface area contributed by atoms with E-state index in [1.165, 1.54) is 19.2 Å². The Kier molecular flexibility index (Phi) is 4.97. The van der Waals surface area contributed by atoms with Crippen molar-refractivity contribution in [1.29, 1.82) is 0 Å². The van der Waals surface area contributed by atoms with E-state index < -0.39 is 11.5 Å². The number of hydrogen-bond acceptors (Lipinski definition) is 5. The first-order valence-corrected chi connectivity index (χ1v) is 7.53. The number of hydrogen-bond donors (Lipinski definition) is 0. The minimum absolute atomic E-state index is 0.0158. The summed E-state index contributed by atoms with van der Waals surface area (Å²) < 4.78 is 5.57. The van der Waals surface area contributed by atoms with Crippen LogP contribution in [-0.4, -0.2) is 28.6 Å². The molecule has 0 saturated heterocycles. The van der Waals surface area contributed by atoms with E-state index >= 15 is 0 Å². The largest absolute Gasteiger partial charge is 0.464 e. The van der Waals surface area contributed by atoms with Crippen LogP contribution in [0.25, 0.3) is 0 Å². The van der Waals surface area contributed by atoms with Crippen LogP contribution < -0.4 is 5.56 Å². The van der Waals surface area contributed by atoms with Crippen molar-refractivity contribution in [2.75, 3.05) is 7.11 Å². The third-order valence-corrected chi connectivity index (χ3v) is 4.34. The minimum Gasteiger partial charge on any atom is -0.464 e. The summed E-state index contributed by atoms with van der Waals surface area (Å²) in [7, 11) is 1.23. The molecule has 0 spiro atoms. The number of esters is 1. The van der Waals surface area contributed by atoms with Gasteiger partial charge in [0.05, 0.1) is 7.11 Å². The van der Waals surface area contributed by atoms with Crippen LogP contribution in [0, 0.1) is 27.7 Å². The molecule has 0 amide bonds. The first-order valence-electron chi connectivity index (χ1n) is 7.53. The Morgan fingerprint density at radius 2 is 1.75 bits per heavy atom. The third kappa shape index (κ3) is 3.27. The van der Waals surface area contributed by atoms with Crippen LogP contribution in [0.2, 0.25) is 0 Å². The van der Waals surface area contributed by atoms with E-state index in [2.05, 4.69) is 9.84 Å². The van der Waals surface area contributed by atoms with Crippen LogP contribution >= 0.6 is 0 Å². The van der Waals surface area contributed by atoms with Crippen molar-refractivity contribution < 1.29 is 14.3 Å². The maximum absolute atomic E-state index is 12.6. The zero-order valence-electron chi connectivity index (χ0n) is 14.5. The Morgan fingerprint density at radius 1 is 1.08 bits per heavy atom. The summed E-state index contributed by atoms with van der Waals surface area (Å²) in [6.07, 6.45) is 0. The molecule has 126 valence electrons. The maximum Gasteiger partial charge on any atom is 0.358 e. The predicted octanol–water partition coefficient (Wildman–Crippen LogP) is 2.15. The molecule has 0 saturated carbocycles. The first-order chi connectivity index (χ1) is 11.3.